The quantitative estimate of drug-likeness (QED) is 0.862. The fourth-order valence-corrected chi connectivity index (χ4v) is 3.73. The summed E-state index contributed by atoms with van der Waals surface area (Å²) in [5.41, 5.74) is 0.350. The number of benzene rings is 1. The van der Waals surface area contributed by atoms with Crippen molar-refractivity contribution in [1.82, 2.24) is 4.90 Å². The van der Waals surface area contributed by atoms with Crippen LogP contribution in [0.15, 0.2) is 27.6 Å². The molecule has 1 aliphatic rings. The van der Waals surface area contributed by atoms with Crippen molar-refractivity contribution in [3.63, 3.8) is 0 Å². The molecule has 0 aliphatic carbocycles. The molecule has 1 amide bonds. The minimum Gasteiger partial charge on any atom is -0.339 e. The van der Waals surface area contributed by atoms with Crippen LogP contribution in [0.2, 0.25) is 0 Å². The minimum absolute atomic E-state index is 0.0524. The molecule has 1 aromatic carbocycles. The van der Waals surface area contributed by atoms with Crippen LogP contribution in [-0.2, 0) is 10.0 Å². The second kappa shape index (κ2) is 6.46. The first-order valence-electron chi connectivity index (χ1n) is 6.90. The van der Waals surface area contributed by atoms with E-state index in [0.29, 0.717) is 29.0 Å². The minimum atomic E-state index is -3.83. The lowest BCUT2D eigenvalue weighted by Crippen LogP contribution is -2.32. The van der Waals surface area contributed by atoms with Gasteiger partial charge in [0.05, 0.1) is 4.90 Å². The fraction of sp³-hybridized carbons (Fsp3) is 0.500. The number of sulfonamides is 1. The Hall–Kier alpha value is -0.920. The van der Waals surface area contributed by atoms with Gasteiger partial charge in [0.15, 0.2) is 0 Å². The highest BCUT2D eigenvalue weighted by atomic mass is 79.9. The third-order valence-corrected chi connectivity index (χ3v) is 5.10. The van der Waals surface area contributed by atoms with Gasteiger partial charge >= 0.3 is 0 Å². The van der Waals surface area contributed by atoms with Gasteiger partial charge in [0.25, 0.3) is 5.91 Å². The van der Waals surface area contributed by atoms with Crippen molar-refractivity contribution in [2.24, 2.45) is 11.1 Å². The Kier molecular flexibility index (Phi) is 5.06. The molecule has 1 saturated heterocycles. The molecule has 0 spiro atoms. The number of hydrogen-bond acceptors (Lipinski definition) is 3. The van der Waals surface area contributed by atoms with Crippen LogP contribution in [0.1, 0.15) is 36.5 Å². The molecule has 21 heavy (non-hydrogen) atoms. The van der Waals surface area contributed by atoms with Crippen LogP contribution < -0.4 is 5.14 Å². The van der Waals surface area contributed by atoms with Gasteiger partial charge in [-0.05, 0) is 43.4 Å². The number of carbonyl (C=O) groups is 1. The molecule has 0 saturated carbocycles. The first-order valence-corrected chi connectivity index (χ1v) is 9.24. The van der Waals surface area contributed by atoms with Gasteiger partial charge in [-0.1, -0.05) is 22.9 Å². The fourth-order valence-electron chi connectivity index (χ4n) is 2.50. The predicted molar refractivity (Wildman–Crippen MR) is 84.4 cm³/mol. The average molecular weight is 375 g/mol. The number of rotatable bonds is 2. The molecule has 1 aliphatic heterocycles. The lowest BCUT2D eigenvalue weighted by Gasteiger charge is -2.21. The first-order chi connectivity index (χ1) is 9.77. The van der Waals surface area contributed by atoms with Crippen molar-refractivity contribution < 1.29 is 13.2 Å². The summed E-state index contributed by atoms with van der Waals surface area (Å²) in [6.45, 7) is 3.60. The molecule has 1 atom stereocenters. The normalized spacial score (nSPS) is 20.1. The number of amides is 1. The smallest absolute Gasteiger partial charge is 0.253 e. The maximum absolute atomic E-state index is 12.6. The summed E-state index contributed by atoms with van der Waals surface area (Å²) in [4.78, 5) is 14.3. The van der Waals surface area contributed by atoms with E-state index in [1.807, 2.05) is 0 Å². The van der Waals surface area contributed by atoms with E-state index in [-0.39, 0.29) is 10.8 Å². The second-order valence-electron chi connectivity index (χ2n) is 5.55. The number of nitrogens with two attached hydrogens (primary N) is 1. The Labute approximate surface area is 133 Å². The molecule has 0 aromatic heterocycles. The van der Waals surface area contributed by atoms with Gasteiger partial charge in [-0.15, -0.1) is 0 Å². The van der Waals surface area contributed by atoms with E-state index in [4.69, 9.17) is 5.14 Å². The van der Waals surface area contributed by atoms with E-state index in [9.17, 15) is 13.2 Å². The van der Waals surface area contributed by atoms with Crippen LogP contribution in [0.3, 0.4) is 0 Å². The van der Waals surface area contributed by atoms with Crippen molar-refractivity contribution in [2.45, 2.75) is 31.1 Å². The Morgan fingerprint density at radius 1 is 1.29 bits per heavy atom. The Morgan fingerprint density at radius 2 is 2.00 bits per heavy atom. The van der Waals surface area contributed by atoms with E-state index >= 15 is 0 Å². The van der Waals surface area contributed by atoms with E-state index < -0.39 is 10.0 Å². The molecule has 2 N–H and O–H groups in total. The predicted octanol–water partition coefficient (Wildman–Crippen LogP) is 2.36. The zero-order valence-corrected chi connectivity index (χ0v) is 14.3. The maximum atomic E-state index is 12.6. The van der Waals surface area contributed by atoms with Crippen molar-refractivity contribution in [3.8, 4) is 0 Å². The number of likely N-dealkylation sites (tertiary alicyclic amines) is 1. The first kappa shape index (κ1) is 16.5. The molecule has 5 nitrogen and oxygen atoms in total. The number of hydrogen-bond donors (Lipinski definition) is 1. The molecule has 1 unspecified atom stereocenters. The molecular formula is C14H19BrN2O3S. The molecule has 2 rings (SSSR count). The van der Waals surface area contributed by atoms with Crippen LogP contribution >= 0.6 is 15.9 Å². The van der Waals surface area contributed by atoms with E-state index in [1.165, 1.54) is 12.1 Å². The number of halogens is 1. The molecule has 116 valence electrons. The summed E-state index contributed by atoms with van der Waals surface area (Å²) >= 11 is 3.23. The Bertz CT molecular complexity index is 646. The van der Waals surface area contributed by atoms with Crippen molar-refractivity contribution in [2.75, 3.05) is 13.1 Å². The largest absolute Gasteiger partial charge is 0.339 e. The number of primary sulfonamides is 1. The molecule has 1 fully saturated rings. The maximum Gasteiger partial charge on any atom is 0.253 e. The van der Waals surface area contributed by atoms with Gasteiger partial charge in [-0.2, -0.15) is 0 Å². The lowest BCUT2D eigenvalue weighted by molar-refractivity contribution is 0.0760. The molecule has 0 radical (unpaired) electrons. The van der Waals surface area contributed by atoms with Gasteiger partial charge < -0.3 is 4.90 Å². The summed E-state index contributed by atoms with van der Waals surface area (Å²) in [5, 5.41) is 5.14. The lowest BCUT2D eigenvalue weighted by atomic mass is 10.0. The standard InChI is InChI=1S/C14H19BrN2O3S/c1-10-3-2-5-17(6-4-10)14(18)11-7-12(15)9-13(8-11)21(16,19)20/h7-10H,2-6H2,1H3,(H2,16,19,20). The van der Waals surface area contributed by atoms with E-state index in [1.54, 1.807) is 11.0 Å². The van der Waals surface area contributed by atoms with Crippen molar-refractivity contribution >= 4 is 31.9 Å². The van der Waals surface area contributed by atoms with Gasteiger partial charge in [0.2, 0.25) is 10.0 Å². The summed E-state index contributed by atoms with van der Waals surface area (Å²) in [6.07, 6.45) is 3.06. The zero-order chi connectivity index (χ0) is 15.6. The van der Waals surface area contributed by atoms with Gasteiger partial charge in [0.1, 0.15) is 0 Å². The Morgan fingerprint density at radius 3 is 2.67 bits per heavy atom. The van der Waals surface area contributed by atoms with Crippen molar-refractivity contribution in [3.05, 3.63) is 28.2 Å². The topological polar surface area (TPSA) is 80.5 Å². The monoisotopic (exact) mass is 374 g/mol. The van der Waals surface area contributed by atoms with Crippen LogP contribution in [0.25, 0.3) is 0 Å². The van der Waals surface area contributed by atoms with Gasteiger partial charge in [-0.3, -0.25) is 4.79 Å². The van der Waals surface area contributed by atoms with Gasteiger partial charge in [0, 0.05) is 23.1 Å². The van der Waals surface area contributed by atoms with Gasteiger partial charge in [-0.25, -0.2) is 13.6 Å². The summed E-state index contributed by atoms with van der Waals surface area (Å²) in [7, 11) is -3.83. The van der Waals surface area contributed by atoms with Crippen LogP contribution in [-0.4, -0.2) is 32.3 Å². The number of nitrogens with zero attached hydrogens (tertiary/aromatic N) is 1. The number of carbonyl (C=O) groups excluding carboxylic acids is 1. The Balaban J connectivity index is 2.28. The van der Waals surface area contributed by atoms with Crippen molar-refractivity contribution in [1.29, 1.82) is 0 Å². The highest BCUT2D eigenvalue weighted by Gasteiger charge is 2.21. The van der Waals surface area contributed by atoms with Crippen LogP contribution in [0, 0.1) is 5.92 Å². The average Bonchev–Trinajstić information content (AvgIpc) is 2.61. The molecular weight excluding hydrogens is 356 g/mol. The molecule has 1 heterocycles. The van der Waals surface area contributed by atoms with Crippen LogP contribution in [0.4, 0.5) is 0 Å². The SMILES string of the molecule is CC1CCCN(C(=O)c2cc(Br)cc(S(N)(=O)=O)c2)CC1. The second-order valence-corrected chi connectivity index (χ2v) is 8.03. The van der Waals surface area contributed by atoms with Crippen LogP contribution in [0.5, 0.6) is 0 Å². The highest BCUT2D eigenvalue weighted by molar-refractivity contribution is 9.10. The van der Waals surface area contributed by atoms with E-state index in [2.05, 4.69) is 22.9 Å². The molecule has 0 bridgehead atoms. The summed E-state index contributed by atoms with van der Waals surface area (Å²) < 4.78 is 23.5. The van der Waals surface area contributed by atoms with E-state index in [0.717, 1.165) is 19.3 Å². The zero-order valence-electron chi connectivity index (χ0n) is 11.9. The third-order valence-electron chi connectivity index (χ3n) is 3.75. The molecule has 1 aromatic rings. The third kappa shape index (κ3) is 4.28. The summed E-state index contributed by atoms with van der Waals surface area (Å²) in [6, 6.07) is 4.37. The summed E-state index contributed by atoms with van der Waals surface area (Å²) in [5.74, 6) is 0.473. The molecule has 7 heteroatoms. The highest BCUT2D eigenvalue weighted by Crippen LogP contribution is 2.22.